The number of ketones is 1. The summed E-state index contributed by atoms with van der Waals surface area (Å²) in [5.74, 6) is -0.560. The molecule has 7 nitrogen and oxygen atoms in total. The third-order valence-corrected chi connectivity index (χ3v) is 4.86. The molecule has 1 atom stereocenters. The van der Waals surface area contributed by atoms with Crippen molar-refractivity contribution in [3.63, 3.8) is 0 Å². The van der Waals surface area contributed by atoms with Crippen molar-refractivity contribution in [2.24, 2.45) is 0 Å². The second-order valence-corrected chi connectivity index (χ2v) is 6.65. The standard InChI is InChI=1S/C21H19NO6/c1-2-9-22-18(12-3-6-14(23)7-4-12)17(20(25)21(22)26)19(24)13-5-8-15-16(10-13)28-11-27-15/h3-8,10,18,23-24H,2,9,11H2,1H3/b19-17-. The summed E-state index contributed by atoms with van der Waals surface area (Å²) < 4.78 is 10.6. The van der Waals surface area contributed by atoms with Crippen LogP contribution in [0, 0.1) is 0 Å². The molecular formula is C21H19NO6. The minimum Gasteiger partial charge on any atom is -0.508 e. The van der Waals surface area contributed by atoms with Crippen LogP contribution >= 0.6 is 0 Å². The summed E-state index contributed by atoms with van der Waals surface area (Å²) in [7, 11) is 0. The molecular weight excluding hydrogens is 362 g/mol. The molecule has 1 saturated heterocycles. The summed E-state index contributed by atoms with van der Waals surface area (Å²) in [4.78, 5) is 26.8. The summed E-state index contributed by atoms with van der Waals surface area (Å²) in [6, 6.07) is 10.4. The predicted octanol–water partition coefficient (Wildman–Crippen LogP) is 2.95. The Morgan fingerprint density at radius 2 is 1.82 bits per heavy atom. The quantitative estimate of drug-likeness (QED) is 0.480. The third-order valence-electron chi connectivity index (χ3n) is 4.86. The van der Waals surface area contributed by atoms with Crippen molar-refractivity contribution in [3.8, 4) is 17.2 Å². The summed E-state index contributed by atoms with van der Waals surface area (Å²) >= 11 is 0. The van der Waals surface area contributed by atoms with Crippen molar-refractivity contribution in [2.45, 2.75) is 19.4 Å². The van der Waals surface area contributed by atoms with Crippen molar-refractivity contribution in [3.05, 3.63) is 59.2 Å². The Kier molecular flexibility index (Phi) is 4.43. The summed E-state index contributed by atoms with van der Waals surface area (Å²) in [6.45, 7) is 2.37. The predicted molar refractivity (Wildman–Crippen MR) is 100.0 cm³/mol. The Hall–Kier alpha value is -3.48. The molecule has 2 heterocycles. The molecule has 28 heavy (non-hydrogen) atoms. The van der Waals surface area contributed by atoms with Crippen LogP contribution in [-0.4, -0.2) is 40.1 Å². The zero-order valence-electron chi connectivity index (χ0n) is 15.2. The van der Waals surface area contributed by atoms with E-state index in [2.05, 4.69) is 0 Å². The van der Waals surface area contributed by atoms with E-state index in [0.29, 0.717) is 35.6 Å². The number of Topliss-reactive ketones (excluding diaryl/α,β-unsaturated/α-hetero) is 1. The topological polar surface area (TPSA) is 96.3 Å². The molecule has 0 aromatic heterocycles. The number of ether oxygens (including phenoxy) is 2. The normalized spacial score (nSPS) is 20.0. The molecule has 0 saturated carbocycles. The molecule has 1 fully saturated rings. The number of aliphatic hydroxyl groups is 1. The van der Waals surface area contributed by atoms with E-state index in [4.69, 9.17) is 9.47 Å². The molecule has 2 aromatic rings. The molecule has 2 aromatic carbocycles. The number of aliphatic hydroxyl groups excluding tert-OH is 1. The van der Waals surface area contributed by atoms with Crippen LogP contribution in [0.3, 0.4) is 0 Å². The lowest BCUT2D eigenvalue weighted by Gasteiger charge is -2.24. The van der Waals surface area contributed by atoms with Crippen LogP contribution in [0.15, 0.2) is 48.0 Å². The lowest BCUT2D eigenvalue weighted by atomic mass is 9.95. The fourth-order valence-corrected chi connectivity index (χ4v) is 3.55. The number of benzene rings is 2. The number of phenols is 1. The van der Waals surface area contributed by atoms with Gasteiger partial charge in [0.2, 0.25) is 6.79 Å². The number of amides is 1. The largest absolute Gasteiger partial charge is 0.508 e. The third kappa shape index (κ3) is 2.85. The molecule has 1 amide bonds. The van der Waals surface area contributed by atoms with Crippen molar-refractivity contribution in [2.75, 3.05) is 13.3 Å². The van der Waals surface area contributed by atoms with Crippen LogP contribution in [0.25, 0.3) is 5.76 Å². The van der Waals surface area contributed by atoms with Crippen LogP contribution in [0.5, 0.6) is 17.2 Å². The van der Waals surface area contributed by atoms with E-state index < -0.39 is 17.7 Å². The van der Waals surface area contributed by atoms with E-state index in [1.165, 1.54) is 17.0 Å². The maximum absolute atomic E-state index is 12.8. The number of carbonyl (C=O) groups is 2. The minimum atomic E-state index is -0.735. The van der Waals surface area contributed by atoms with E-state index in [0.717, 1.165) is 0 Å². The fraction of sp³-hybridized carbons (Fsp3) is 0.238. The Morgan fingerprint density at radius 3 is 2.54 bits per heavy atom. The zero-order chi connectivity index (χ0) is 19.8. The molecule has 0 spiro atoms. The van der Waals surface area contributed by atoms with Gasteiger partial charge in [-0.1, -0.05) is 19.1 Å². The first-order valence-corrected chi connectivity index (χ1v) is 8.98. The van der Waals surface area contributed by atoms with Gasteiger partial charge in [-0.2, -0.15) is 0 Å². The van der Waals surface area contributed by atoms with Crippen molar-refractivity contribution >= 4 is 17.4 Å². The van der Waals surface area contributed by atoms with Gasteiger partial charge in [-0.25, -0.2) is 0 Å². The molecule has 1 unspecified atom stereocenters. The lowest BCUT2D eigenvalue weighted by Crippen LogP contribution is -2.30. The highest BCUT2D eigenvalue weighted by Crippen LogP contribution is 2.41. The summed E-state index contributed by atoms with van der Waals surface area (Å²) in [6.07, 6.45) is 0.658. The van der Waals surface area contributed by atoms with Gasteiger partial charge in [0.05, 0.1) is 11.6 Å². The first kappa shape index (κ1) is 17.9. The van der Waals surface area contributed by atoms with Crippen LogP contribution < -0.4 is 9.47 Å². The van der Waals surface area contributed by atoms with E-state index in [-0.39, 0.29) is 23.9 Å². The molecule has 4 rings (SSSR count). The average Bonchev–Trinajstić information content (AvgIpc) is 3.26. The van der Waals surface area contributed by atoms with E-state index in [1.54, 1.807) is 30.3 Å². The number of rotatable bonds is 4. The van der Waals surface area contributed by atoms with Crippen LogP contribution in [0.4, 0.5) is 0 Å². The van der Waals surface area contributed by atoms with E-state index in [9.17, 15) is 19.8 Å². The van der Waals surface area contributed by atoms with Crippen LogP contribution in [0.1, 0.15) is 30.5 Å². The Morgan fingerprint density at radius 1 is 1.11 bits per heavy atom. The van der Waals surface area contributed by atoms with Crippen molar-refractivity contribution < 1.29 is 29.3 Å². The number of hydrogen-bond acceptors (Lipinski definition) is 6. The Bertz CT molecular complexity index is 979. The number of carbonyl (C=O) groups excluding carboxylic acids is 2. The molecule has 144 valence electrons. The Balaban J connectivity index is 1.85. The maximum Gasteiger partial charge on any atom is 0.295 e. The smallest absolute Gasteiger partial charge is 0.295 e. The highest BCUT2D eigenvalue weighted by Gasteiger charge is 2.45. The average molecular weight is 381 g/mol. The highest BCUT2D eigenvalue weighted by molar-refractivity contribution is 6.46. The summed E-state index contributed by atoms with van der Waals surface area (Å²) in [5.41, 5.74) is 1.01. The van der Waals surface area contributed by atoms with Crippen LogP contribution in [-0.2, 0) is 9.59 Å². The summed E-state index contributed by atoms with van der Waals surface area (Å²) in [5, 5.41) is 20.5. The van der Waals surface area contributed by atoms with Gasteiger partial charge in [0.25, 0.3) is 11.7 Å². The number of fused-ring (bicyclic) bond motifs is 1. The van der Waals surface area contributed by atoms with Gasteiger partial charge >= 0.3 is 0 Å². The van der Waals surface area contributed by atoms with Crippen molar-refractivity contribution in [1.82, 2.24) is 4.90 Å². The Labute approximate surface area is 161 Å². The molecule has 0 bridgehead atoms. The van der Waals surface area contributed by atoms with Gasteiger partial charge in [0, 0.05) is 12.1 Å². The molecule has 7 heteroatoms. The SMILES string of the molecule is CCCN1C(=O)C(=O)/C(=C(\O)c2ccc3c(c2)OCO3)C1c1ccc(O)cc1. The lowest BCUT2D eigenvalue weighted by molar-refractivity contribution is -0.139. The molecule has 0 radical (unpaired) electrons. The fourth-order valence-electron chi connectivity index (χ4n) is 3.55. The van der Waals surface area contributed by atoms with Gasteiger partial charge in [-0.05, 0) is 42.3 Å². The second kappa shape index (κ2) is 6.92. The number of aromatic hydroxyl groups is 1. The van der Waals surface area contributed by atoms with Crippen molar-refractivity contribution in [1.29, 1.82) is 0 Å². The van der Waals surface area contributed by atoms with Gasteiger partial charge < -0.3 is 24.6 Å². The second-order valence-electron chi connectivity index (χ2n) is 6.65. The number of likely N-dealkylation sites (tertiary alicyclic amines) is 1. The minimum absolute atomic E-state index is 0.0167. The number of hydrogen-bond donors (Lipinski definition) is 2. The van der Waals surface area contributed by atoms with E-state index >= 15 is 0 Å². The first-order valence-electron chi connectivity index (χ1n) is 8.98. The first-order chi connectivity index (χ1) is 13.5. The zero-order valence-corrected chi connectivity index (χ0v) is 15.2. The highest BCUT2D eigenvalue weighted by atomic mass is 16.7. The molecule has 2 aliphatic rings. The maximum atomic E-state index is 12.8. The molecule has 0 aliphatic carbocycles. The molecule has 2 N–H and O–H groups in total. The van der Waals surface area contributed by atoms with E-state index in [1.807, 2.05) is 6.92 Å². The van der Waals surface area contributed by atoms with Gasteiger partial charge in [-0.15, -0.1) is 0 Å². The monoisotopic (exact) mass is 381 g/mol. The van der Waals surface area contributed by atoms with Gasteiger partial charge in [0.15, 0.2) is 11.5 Å². The van der Waals surface area contributed by atoms with Gasteiger partial charge in [0.1, 0.15) is 11.5 Å². The number of phenolic OH excluding ortho intramolecular Hbond substituents is 1. The molecule has 2 aliphatic heterocycles. The number of nitrogens with zero attached hydrogens (tertiary/aromatic N) is 1. The van der Waals surface area contributed by atoms with Crippen LogP contribution in [0.2, 0.25) is 0 Å². The van der Waals surface area contributed by atoms with Gasteiger partial charge in [-0.3, -0.25) is 9.59 Å².